The van der Waals surface area contributed by atoms with E-state index in [1.807, 2.05) is 0 Å². The molecule has 2 aromatic heterocycles. The molecule has 1 amide bonds. The lowest BCUT2D eigenvalue weighted by Gasteiger charge is -2.31. The summed E-state index contributed by atoms with van der Waals surface area (Å²) in [5.41, 5.74) is 1.33. The number of ether oxygens (including phenoxy) is 3. The number of nitrogens with zero attached hydrogens (tertiary/aromatic N) is 2. The van der Waals surface area contributed by atoms with Gasteiger partial charge in [-0.25, -0.2) is 4.98 Å². The minimum Gasteiger partial charge on any atom is -0.493 e. The summed E-state index contributed by atoms with van der Waals surface area (Å²) in [6, 6.07) is 7.90. The molecule has 0 radical (unpaired) electrons. The fourth-order valence-electron chi connectivity index (χ4n) is 4.20. The third-order valence-corrected chi connectivity index (χ3v) is 6.54. The average molecular weight is 579 g/mol. The van der Waals surface area contributed by atoms with Crippen LogP contribution in [0.2, 0.25) is 0 Å². The summed E-state index contributed by atoms with van der Waals surface area (Å²) in [5.74, 6) is -0.461. The van der Waals surface area contributed by atoms with Gasteiger partial charge in [0.15, 0.2) is 17.2 Å². The Hall–Kier alpha value is -3.98. The fourth-order valence-corrected chi connectivity index (χ4v) is 4.20. The molecule has 4 rings (SSSR count). The third kappa shape index (κ3) is 5.91. The van der Waals surface area contributed by atoms with Gasteiger partial charge < -0.3 is 40.6 Å². The first-order valence-corrected chi connectivity index (χ1v) is 12.4. The number of fused-ring (bicyclic) bond motifs is 1. The summed E-state index contributed by atoms with van der Waals surface area (Å²) in [6.07, 6.45) is -3.97. The summed E-state index contributed by atoms with van der Waals surface area (Å²) >= 11 is 0. The van der Waals surface area contributed by atoms with Crippen LogP contribution in [0.15, 0.2) is 42.6 Å². The maximum absolute atomic E-state index is 14.5. The minimum atomic E-state index is -5.28. The number of amides is 1. The maximum atomic E-state index is 14.5. The predicted molar refractivity (Wildman–Crippen MR) is 138 cm³/mol. The molecular weight excluding hydrogens is 549 g/mol. The highest BCUT2D eigenvalue weighted by Gasteiger charge is 2.57. The Labute approximate surface area is 232 Å². The monoisotopic (exact) mass is 578 g/mol. The zero-order valence-corrected chi connectivity index (χ0v) is 22.2. The van der Waals surface area contributed by atoms with E-state index < -0.39 is 35.5 Å². The second kappa shape index (κ2) is 11.5. The molecule has 0 spiro atoms. The number of benzene rings is 1. The van der Waals surface area contributed by atoms with E-state index in [0.29, 0.717) is 5.69 Å². The fraction of sp³-hybridized carbons (Fsp3) is 0.370. The van der Waals surface area contributed by atoms with E-state index in [0.717, 1.165) is 6.07 Å². The smallest absolute Gasteiger partial charge is 0.424 e. The van der Waals surface area contributed by atoms with E-state index in [2.05, 4.69) is 15.3 Å². The van der Waals surface area contributed by atoms with Gasteiger partial charge >= 0.3 is 6.18 Å². The molecule has 1 aromatic carbocycles. The molecule has 0 fully saturated rings. The maximum Gasteiger partial charge on any atom is 0.424 e. The van der Waals surface area contributed by atoms with Crippen LogP contribution in [0.1, 0.15) is 34.2 Å². The Bertz CT molecular complexity index is 1420. The van der Waals surface area contributed by atoms with Gasteiger partial charge in [0, 0.05) is 22.9 Å². The summed E-state index contributed by atoms with van der Waals surface area (Å²) in [6.45, 7) is -0.417. The van der Waals surface area contributed by atoms with Crippen molar-refractivity contribution in [1.82, 2.24) is 15.3 Å². The number of aromatic nitrogens is 2. The van der Waals surface area contributed by atoms with Crippen molar-refractivity contribution in [3.05, 3.63) is 65.1 Å². The number of hydrogen-bond donors (Lipinski definition) is 5. The van der Waals surface area contributed by atoms with E-state index in [4.69, 9.17) is 25.1 Å². The summed E-state index contributed by atoms with van der Waals surface area (Å²) in [7, 11) is 1.31. The Morgan fingerprint density at radius 2 is 1.95 bits per heavy atom. The molecule has 0 aliphatic carbocycles. The van der Waals surface area contributed by atoms with Crippen molar-refractivity contribution >= 4 is 5.91 Å². The van der Waals surface area contributed by atoms with Crippen molar-refractivity contribution in [1.29, 1.82) is 0 Å². The molecule has 220 valence electrons. The SMILES string of the molecule is COc1cc(C(=O)NCC(O)(c2cc3c(c(-c4ccc(CO)nc4)n2)OCC3(C)N)C(F)(F)F)ccc1OCCO. The molecule has 3 heterocycles. The first-order valence-electron chi connectivity index (χ1n) is 12.4. The Morgan fingerprint density at radius 3 is 2.56 bits per heavy atom. The van der Waals surface area contributed by atoms with Crippen molar-refractivity contribution in [2.45, 2.75) is 30.8 Å². The van der Waals surface area contributed by atoms with Gasteiger partial charge in [-0.1, -0.05) is 0 Å². The highest BCUT2D eigenvalue weighted by atomic mass is 19.4. The number of rotatable bonds is 10. The minimum absolute atomic E-state index is 0.0369. The molecule has 41 heavy (non-hydrogen) atoms. The van der Waals surface area contributed by atoms with Crippen molar-refractivity contribution in [2.24, 2.45) is 5.73 Å². The number of aliphatic hydroxyl groups excluding tert-OH is 2. The standard InChI is InChI=1S/C27H29F3N4O7/c1-25(31)14-41-23-18(25)10-21(34-22(23)16-3-5-17(12-36)32-11-16)26(38,27(28,29)30)13-33-24(37)15-4-6-19(40-8-7-35)20(9-15)39-2/h3-6,9-11,35-36,38H,7-8,12-14,31H2,1-2H3,(H,33,37). The molecular formula is C27H29F3N4O7. The summed E-state index contributed by atoms with van der Waals surface area (Å²) < 4.78 is 59.7. The molecule has 1 aliphatic rings. The van der Waals surface area contributed by atoms with Crippen molar-refractivity contribution in [2.75, 3.05) is 33.5 Å². The largest absolute Gasteiger partial charge is 0.493 e. The molecule has 6 N–H and O–H groups in total. The van der Waals surface area contributed by atoms with Crippen LogP contribution < -0.4 is 25.3 Å². The Balaban J connectivity index is 1.72. The number of nitrogens with one attached hydrogen (secondary N) is 1. The number of methoxy groups -OCH3 is 1. The van der Waals surface area contributed by atoms with E-state index in [-0.39, 0.29) is 66.1 Å². The number of carbonyl (C=O) groups is 1. The van der Waals surface area contributed by atoms with Crippen LogP contribution in [0.5, 0.6) is 17.2 Å². The average Bonchev–Trinajstić information content (AvgIpc) is 3.27. The second-order valence-electron chi connectivity index (χ2n) is 9.61. The van der Waals surface area contributed by atoms with Crippen molar-refractivity contribution in [3.63, 3.8) is 0 Å². The number of hydrogen-bond acceptors (Lipinski definition) is 10. The molecule has 2 unspecified atom stereocenters. The van der Waals surface area contributed by atoms with Crippen LogP contribution in [0.4, 0.5) is 13.2 Å². The van der Waals surface area contributed by atoms with Gasteiger partial charge in [-0.3, -0.25) is 9.78 Å². The molecule has 11 nitrogen and oxygen atoms in total. The lowest BCUT2D eigenvalue weighted by molar-refractivity contribution is -0.265. The molecule has 0 saturated heterocycles. The van der Waals surface area contributed by atoms with Crippen molar-refractivity contribution in [3.8, 4) is 28.5 Å². The number of pyridine rings is 2. The van der Waals surface area contributed by atoms with Gasteiger partial charge in [0.25, 0.3) is 5.91 Å². The first kappa shape index (κ1) is 30.0. The van der Waals surface area contributed by atoms with Crippen LogP contribution in [0, 0.1) is 0 Å². The number of aliphatic hydroxyl groups is 3. The van der Waals surface area contributed by atoms with Gasteiger partial charge in [0.1, 0.15) is 18.9 Å². The zero-order chi connectivity index (χ0) is 30.0. The molecule has 0 bridgehead atoms. The quantitative estimate of drug-likeness (QED) is 0.239. The van der Waals surface area contributed by atoms with Crippen LogP contribution >= 0.6 is 0 Å². The van der Waals surface area contributed by atoms with Gasteiger partial charge in [0.05, 0.1) is 43.8 Å². The van der Waals surface area contributed by atoms with Gasteiger partial charge in [-0.2, -0.15) is 13.2 Å². The lowest BCUT2D eigenvalue weighted by atomic mass is 9.89. The number of carbonyl (C=O) groups excluding carboxylic acids is 1. The highest BCUT2D eigenvalue weighted by molar-refractivity contribution is 5.95. The first-order chi connectivity index (χ1) is 19.3. The summed E-state index contributed by atoms with van der Waals surface area (Å²) in [4.78, 5) is 21.1. The Morgan fingerprint density at radius 1 is 1.20 bits per heavy atom. The second-order valence-corrected chi connectivity index (χ2v) is 9.61. The van der Waals surface area contributed by atoms with Gasteiger partial charge in [-0.15, -0.1) is 0 Å². The van der Waals surface area contributed by atoms with Crippen molar-refractivity contribution < 1.29 is 47.5 Å². The zero-order valence-electron chi connectivity index (χ0n) is 22.2. The number of halogens is 3. The number of alkyl halides is 3. The molecule has 0 saturated carbocycles. The molecule has 14 heteroatoms. The Kier molecular flexibility index (Phi) is 8.40. The normalized spacial score (nSPS) is 17.8. The van der Waals surface area contributed by atoms with E-state index >= 15 is 0 Å². The number of nitrogens with two attached hydrogens (primary N) is 1. The van der Waals surface area contributed by atoms with Crippen LogP contribution in [0.25, 0.3) is 11.3 Å². The van der Waals surface area contributed by atoms with Crippen LogP contribution in [0.3, 0.4) is 0 Å². The molecule has 3 aromatic rings. The van der Waals surface area contributed by atoms with Gasteiger partial charge in [-0.05, 0) is 43.3 Å². The topological polar surface area (TPSA) is 169 Å². The predicted octanol–water partition coefficient (Wildman–Crippen LogP) is 1.76. The molecule has 2 atom stereocenters. The van der Waals surface area contributed by atoms with E-state index in [1.165, 1.54) is 43.6 Å². The highest BCUT2D eigenvalue weighted by Crippen LogP contribution is 2.46. The third-order valence-electron chi connectivity index (χ3n) is 6.54. The van der Waals surface area contributed by atoms with E-state index in [1.54, 1.807) is 6.92 Å². The lowest BCUT2D eigenvalue weighted by Crippen LogP contribution is -2.51. The summed E-state index contributed by atoms with van der Waals surface area (Å²) in [5, 5.41) is 31.5. The van der Waals surface area contributed by atoms with Crippen LogP contribution in [-0.2, 0) is 17.7 Å². The van der Waals surface area contributed by atoms with Gasteiger partial charge in [0.2, 0.25) is 5.60 Å². The van der Waals surface area contributed by atoms with E-state index in [9.17, 15) is 28.2 Å². The molecule has 1 aliphatic heterocycles. The van der Waals surface area contributed by atoms with Crippen LogP contribution in [-0.4, -0.2) is 70.8 Å².